The first-order valence-corrected chi connectivity index (χ1v) is 8.92. The molecule has 0 aromatic carbocycles. The van der Waals surface area contributed by atoms with Crippen LogP contribution in [-0.2, 0) is 4.74 Å². The standard InChI is InChI=1S/C18H31NO/c1-2-19-18(17-8-5-11-20-13-17)16-10-9-14-6-3-4-7-15(14)12-16/h13-16,18-19H,2-12H2,1H3. The molecule has 0 bridgehead atoms. The van der Waals surface area contributed by atoms with Gasteiger partial charge in [0.05, 0.1) is 12.9 Å². The van der Waals surface area contributed by atoms with Gasteiger partial charge < -0.3 is 10.1 Å². The summed E-state index contributed by atoms with van der Waals surface area (Å²) < 4.78 is 5.60. The van der Waals surface area contributed by atoms with Crippen LogP contribution >= 0.6 is 0 Å². The third-order valence-corrected chi connectivity index (χ3v) is 5.84. The van der Waals surface area contributed by atoms with E-state index < -0.39 is 0 Å². The Labute approximate surface area is 124 Å². The maximum atomic E-state index is 5.60. The largest absolute Gasteiger partial charge is 0.501 e. The first kappa shape index (κ1) is 14.4. The lowest BCUT2D eigenvalue weighted by Crippen LogP contribution is -2.42. The minimum absolute atomic E-state index is 0.586. The van der Waals surface area contributed by atoms with Crippen LogP contribution in [0.15, 0.2) is 11.8 Å². The lowest BCUT2D eigenvalue weighted by molar-refractivity contribution is 0.112. The molecule has 2 heteroatoms. The molecule has 2 fully saturated rings. The molecule has 2 aliphatic carbocycles. The van der Waals surface area contributed by atoms with Gasteiger partial charge in [-0.05, 0) is 62.0 Å². The van der Waals surface area contributed by atoms with Gasteiger partial charge in [0, 0.05) is 6.04 Å². The van der Waals surface area contributed by atoms with E-state index in [1.54, 1.807) is 0 Å². The minimum Gasteiger partial charge on any atom is -0.501 e. The fraction of sp³-hybridized carbons (Fsp3) is 0.889. The molecule has 20 heavy (non-hydrogen) atoms. The number of hydrogen-bond donors (Lipinski definition) is 1. The SMILES string of the molecule is CCNC(C1=COCCC1)C1CCC2CCCCC2C1. The highest BCUT2D eigenvalue weighted by atomic mass is 16.5. The van der Waals surface area contributed by atoms with Gasteiger partial charge >= 0.3 is 0 Å². The van der Waals surface area contributed by atoms with E-state index in [0.29, 0.717) is 6.04 Å². The van der Waals surface area contributed by atoms with Gasteiger partial charge in [-0.3, -0.25) is 0 Å². The Kier molecular flexibility index (Phi) is 5.04. The molecule has 0 aromatic rings. The number of likely N-dealkylation sites (N-methyl/N-ethyl adjacent to an activating group) is 1. The molecule has 3 rings (SSSR count). The third-order valence-electron chi connectivity index (χ3n) is 5.84. The summed E-state index contributed by atoms with van der Waals surface area (Å²) >= 11 is 0. The van der Waals surface area contributed by atoms with Crippen molar-refractivity contribution >= 4 is 0 Å². The van der Waals surface area contributed by atoms with E-state index in [1.165, 1.54) is 63.4 Å². The molecule has 0 radical (unpaired) electrons. The van der Waals surface area contributed by atoms with Crippen LogP contribution in [0.4, 0.5) is 0 Å². The average molecular weight is 277 g/mol. The lowest BCUT2D eigenvalue weighted by Gasteiger charge is -2.43. The zero-order valence-corrected chi connectivity index (χ0v) is 13.1. The zero-order valence-electron chi connectivity index (χ0n) is 13.1. The van der Waals surface area contributed by atoms with Crippen molar-refractivity contribution in [1.29, 1.82) is 0 Å². The maximum absolute atomic E-state index is 5.60. The van der Waals surface area contributed by atoms with Crippen LogP contribution in [0.2, 0.25) is 0 Å². The van der Waals surface area contributed by atoms with Crippen molar-refractivity contribution in [3.8, 4) is 0 Å². The fourth-order valence-electron chi connectivity index (χ4n) is 4.85. The van der Waals surface area contributed by atoms with Crippen molar-refractivity contribution in [3.05, 3.63) is 11.8 Å². The highest BCUT2D eigenvalue weighted by Crippen LogP contribution is 2.44. The van der Waals surface area contributed by atoms with E-state index in [9.17, 15) is 0 Å². The number of nitrogens with one attached hydrogen (secondary N) is 1. The molecule has 4 atom stereocenters. The number of fused-ring (bicyclic) bond motifs is 1. The van der Waals surface area contributed by atoms with Crippen molar-refractivity contribution in [2.24, 2.45) is 17.8 Å². The Hall–Kier alpha value is -0.500. The predicted molar refractivity (Wildman–Crippen MR) is 83.5 cm³/mol. The van der Waals surface area contributed by atoms with Crippen molar-refractivity contribution in [2.45, 2.75) is 70.8 Å². The molecule has 1 heterocycles. The van der Waals surface area contributed by atoms with Crippen LogP contribution in [0.1, 0.15) is 64.7 Å². The average Bonchev–Trinajstić information content (AvgIpc) is 2.53. The monoisotopic (exact) mass is 277 g/mol. The molecule has 0 spiro atoms. The number of hydrogen-bond acceptors (Lipinski definition) is 2. The Morgan fingerprint density at radius 2 is 2.00 bits per heavy atom. The molecule has 114 valence electrons. The normalized spacial score (nSPS) is 35.6. The predicted octanol–water partition coefficient (Wildman–Crippen LogP) is 4.27. The van der Waals surface area contributed by atoms with E-state index in [4.69, 9.17) is 4.74 Å². The van der Waals surface area contributed by atoms with Crippen molar-refractivity contribution in [1.82, 2.24) is 5.32 Å². The first-order chi connectivity index (χ1) is 9.88. The van der Waals surface area contributed by atoms with E-state index in [-0.39, 0.29) is 0 Å². The molecule has 0 amide bonds. The summed E-state index contributed by atoms with van der Waals surface area (Å²) in [6, 6.07) is 0.586. The first-order valence-electron chi connectivity index (χ1n) is 8.92. The summed E-state index contributed by atoms with van der Waals surface area (Å²) in [5.41, 5.74) is 1.54. The molecule has 2 saturated carbocycles. The highest BCUT2D eigenvalue weighted by molar-refractivity contribution is 5.12. The van der Waals surface area contributed by atoms with Crippen molar-refractivity contribution < 1.29 is 4.74 Å². The Balaban J connectivity index is 1.66. The minimum atomic E-state index is 0.586. The molecular formula is C18H31NO. The summed E-state index contributed by atoms with van der Waals surface area (Å²) in [6.45, 7) is 4.23. The summed E-state index contributed by atoms with van der Waals surface area (Å²) in [5, 5.41) is 3.77. The summed E-state index contributed by atoms with van der Waals surface area (Å²) in [6.07, 6.45) is 14.8. The van der Waals surface area contributed by atoms with Crippen LogP contribution < -0.4 is 5.32 Å². The van der Waals surface area contributed by atoms with Gasteiger partial charge in [-0.25, -0.2) is 0 Å². The number of ether oxygens (including phenoxy) is 1. The quantitative estimate of drug-likeness (QED) is 0.829. The van der Waals surface area contributed by atoms with Crippen LogP contribution in [0, 0.1) is 17.8 Å². The fourth-order valence-corrected chi connectivity index (χ4v) is 4.85. The van der Waals surface area contributed by atoms with E-state index in [0.717, 1.165) is 30.9 Å². The van der Waals surface area contributed by atoms with Crippen LogP contribution in [0.5, 0.6) is 0 Å². The van der Waals surface area contributed by atoms with Crippen LogP contribution in [0.25, 0.3) is 0 Å². The maximum Gasteiger partial charge on any atom is 0.0876 e. The molecule has 1 aliphatic heterocycles. The second-order valence-electron chi connectivity index (χ2n) is 7.08. The Morgan fingerprint density at radius 1 is 1.15 bits per heavy atom. The third kappa shape index (κ3) is 3.21. The molecule has 0 aromatic heterocycles. The second-order valence-corrected chi connectivity index (χ2v) is 7.08. The van der Waals surface area contributed by atoms with Gasteiger partial charge in [0.15, 0.2) is 0 Å². The number of rotatable bonds is 4. The van der Waals surface area contributed by atoms with Crippen molar-refractivity contribution in [3.63, 3.8) is 0 Å². The Bertz CT molecular complexity index is 338. The molecule has 2 nitrogen and oxygen atoms in total. The molecule has 1 N–H and O–H groups in total. The molecule has 3 aliphatic rings. The zero-order chi connectivity index (χ0) is 13.8. The van der Waals surface area contributed by atoms with Crippen molar-refractivity contribution in [2.75, 3.05) is 13.2 Å². The van der Waals surface area contributed by atoms with E-state index in [1.807, 2.05) is 0 Å². The molecular weight excluding hydrogens is 246 g/mol. The topological polar surface area (TPSA) is 21.3 Å². The highest BCUT2D eigenvalue weighted by Gasteiger charge is 2.36. The van der Waals surface area contributed by atoms with Gasteiger partial charge in [-0.15, -0.1) is 0 Å². The van der Waals surface area contributed by atoms with Gasteiger partial charge in [-0.2, -0.15) is 0 Å². The smallest absolute Gasteiger partial charge is 0.0876 e. The van der Waals surface area contributed by atoms with Gasteiger partial charge in [0.1, 0.15) is 0 Å². The lowest BCUT2D eigenvalue weighted by atomic mass is 9.65. The molecule has 4 unspecified atom stereocenters. The summed E-state index contributed by atoms with van der Waals surface area (Å²) in [5.74, 6) is 2.93. The Morgan fingerprint density at radius 3 is 2.75 bits per heavy atom. The van der Waals surface area contributed by atoms with Gasteiger partial charge in [0.25, 0.3) is 0 Å². The van der Waals surface area contributed by atoms with E-state index in [2.05, 4.69) is 18.5 Å². The van der Waals surface area contributed by atoms with Gasteiger partial charge in [-0.1, -0.05) is 32.6 Å². The van der Waals surface area contributed by atoms with E-state index >= 15 is 0 Å². The molecule has 0 saturated heterocycles. The summed E-state index contributed by atoms with van der Waals surface area (Å²) in [4.78, 5) is 0. The summed E-state index contributed by atoms with van der Waals surface area (Å²) in [7, 11) is 0. The second kappa shape index (κ2) is 6.98. The van der Waals surface area contributed by atoms with Gasteiger partial charge in [0.2, 0.25) is 0 Å². The van der Waals surface area contributed by atoms with Crippen LogP contribution in [-0.4, -0.2) is 19.2 Å². The van der Waals surface area contributed by atoms with Crippen LogP contribution in [0.3, 0.4) is 0 Å².